The van der Waals surface area contributed by atoms with Crippen molar-refractivity contribution in [3.63, 3.8) is 0 Å². The van der Waals surface area contributed by atoms with Gasteiger partial charge in [0.15, 0.2) is 0 Å². The largest absolute Gasteiger partial charge is 0.381 e. The number of nitrogens with zero attached hydrogens (tertiary/aromatic N) is 2. The Morgan fingerprint density at radius 3 is 2.62 bits per heavy atom. The third kappa shape index (κ3) is 3.14. The van der Waals surface area contributed by atoms with E-state index in [1.807, 2.05) is 0 Å². The van der Waals surface area contributed by atoms with Gasteiger partial charge in [0, 0.05) is 38.4 Å². The molecule has 3 aliphatic heterocycles. The predicted octanol–water partition coefficient (Wildman–Crippen LogP) is 3.28. The molecule has 0 saturated carbocycles. The lowest BCUT2D eigenvalue weighted by Gasteiger charge is -2.51. The number of likely N-dealkylation sites (N-methyl/N-ethyl adjacent to an activating group) is 1. The highest BCUT2D eigenvalue weighted by Crippen LogP contribution is 2.42. The van der Waals surface area contributed by atoms with Gasteiger partial charge in [-0.05, 0) is 69.2 Å². The fraction of sp³-hybridized carbons (Fsp3) is 0.714. The van der Waals surface area contributed by atoms with Crippen LogP contribution >= 0.6 is 0 Å². The molecule has 2 fully saturated rings. The molecule has 1 aromatic carbocycles. The Labute approximate surface area is 147 Å². The Balaban J connectivity index is 1.38. The van der Waals surface area contributed by atoms with Crippen molar-refractivity contribution in [2.45, 2.75) is 44.1 Å². The lowest BCUT2D eigenvalue weighted by atomic mass is 9.74. The first-order chi connectivity index (χ1) is 11.8. The van der Waals surface area contributed by atoms with Gasteiger partial charge in [-0.3, -0.25) is 4.90 Å². The van der Waals surface area contributed by atoms with Crippen LogP contribution in [0.25, 0.3) is 0 Å². The fourth-order valence-electron chi connectivity index (χ4n) is 5.10. The number of hydrogen-bond donors (Lipinski definition) is 0. The number of likely N-dealkylation sites (tertiary alicyclic amines) is 1. The Morgan fingerprint density at radius 1 is 1.08 bits per heavy atom. The van der Waals surface area contributed by atoms with Crippen LogP contribution in [-0.2, 0) is 16.7 Å². The van der Waals surface area contributed by atoms with Crippen molar-refractivity contribution in [1.29, 1.82) is 0 Å². The fourth-order valence-corrected chi connectivity index (χ4v) is 5.10. The summed E-state index contributed by atoms with van der Waals surface area (Å²) in [6.07, 6.45) is 7.69. The Morgan fingerprint density at radius 2 is 1.83 bits per heavy atom. The molecule has 1 spiro atoms. The second-order valence-electron chi connectivity index (χ2n) is 8.05. The first-order valence-electron chi connectivity index (χ1n) is 9.88. The molecular weight excluding hydrogens is 296 g/mol. The number of ether oxygens (including phenoxy) is 1. The van der Waals surface area contributed by atoms with Gasteiger partial charge in [-0.25, -0.2) is 0 Å². The van der Waals surface area contributed by atoms with Gasteiger partial charge in [-0.2, -0.15) is 0 Å². The zero-order valence-corrected chi connectivity index (χ0v) is 15.2. The zero-order chi connectivity index (χ0) is 16.4. The van der Waals surface area contributed by atoms with Crippen LogP contribution in [0.3, 0.4) is 0 Å². The molecular formula is C21H32N2O. The maximum atomic E-state index is 5.49. The van der Waals surface area contributed by atoms with E-state index in [9.17, 15) is 0 Å². The molecule has 0 N–H and O–H groups in total. The van der Waals surface area contributed by atoms with Crippen molar-refractivity contribution in [3.05, 3.63) is 35.4 Å². The third-order valence-electron chi connectivity index (χ3n) is 6.84. The van der Waals surface area contributed by atoms with Crippen molar-refractivity contribution >= 4 is 0 Å². The monoisotopic (exact) mass is 328 g/mol. The van der Waals surface area contributed by atoms with Crippen LogP contribution in [0, 0.1) is 5.92 Å². The molecule has 132 valence electrons. The summed E-state index contributed by atoms with van der Waals surface area (Å²) in [6, 6.07) is 9.18. The van der Waals surface area contributed by atoms with Crippen molar-refractivity contribution in [3.8, 4) is 0 Å². The van der Waals surface area contributed by atoms with Gasteiger partial charge in [0.05, 0.1) is 0 Å². The molecule has 0 bridgehead atoms. The van der Waals surface area contributed by atoms with E-state index in [-0.39, 0.29) is 0 Å². The van der Waals surface area contributed by atoms with Crippen molar-refractivity contribution < 1.29 is 4.74 Å². The first kappa shape index (κ1) is 16.6. The maximum absolute atomic E-state index is 5.49. The lowest BCUT2D eigenvalue weighted by Crippen LogP contribution is -2.54. The zero-order valence-electron chi connectivity index (χ0n) is 15.2. The average Bonchev–Trinajstić information content (AvgIpc) is 2.65. The molecule has 2 saturated heterocycles. The maximum Gasteiger partial charge on any atom is 0.0484 e. The molecule has 0 aliphatic carbocycles. The van der Waals surface area contributed by atoms with E-state index in [1.54, 1.807) is 11.1 Å². The van der Waals surface area contributed by atoms with E-state index in [0.717, 1.165) is 19.1 Å². The highest BCUT2D eigenvalue weighted by atomic mass is 16.5. The van der Waals surface area contributed by atoms with Gasteiger partial charge in [-0.15, -0.1) is 0 Å². The van der Waals surface area contributed by atoms with Crippen LogP contribution in [0.4, 0.5) is 0 Å². The first-order valence-corrected chi connectivity index (χ1v) is 9.88. The van der Waals surface area contributed by atoms with E-state index < -0.39 is 0 Å². The molecule has 0 aromatic heterocycles. The number of benzene rings is 1. The lowest BCUT2D eigenvalue weighted by molar-refractivity contribution is 0.0214. The highest BCUT2D eigenvalue weighted by Gasteiger charge is 2.42. The van der Waals surface area contributed by atoms with E-state index in [0.29, 0.717) is 5.54 Å². The molecule has 3 aliphatic rings. The molecule has 1 aromatic rings. The quantitative estimate of drug-likeness (QED) is 0.847. The van der Waals surface area contributed by atoms with Crippen molar-refractivity contribution in [2.24, 2.45) is 5.92 Å². The van der Waals surface area contributed by atoms with Gasteiger partial charge in [0.1, 0.15) is 0 Å². The van der Waals surface area contributed by atoms with Crippen molar-refractivity contribution in [2.75, 3.05) is 46.4 Å². The normalized spacial score (nSPS) is 25.7. The number of piperidine rings is 1. The Hall–Kier alpha value is -0.900. The Kier molecular flexibility index (Phi) is 4.93. The average molecular weight is 329 g/mol. The van der Waals surface area contributed by atoms with E-state index in [2.05, 4.69) is 41.1 Å². The van der Waals surface area contributed by atoms with Gasteiger partial charge < -0.3 is 9.64 Å². The summed E-state index contributed by atoms with van der Waals surface area (Å²) in [7, 11) is 2.34. The molecule has 24 heavy (non-hydrogen) atoms. The van der Waals surface area contributed by atoms with E-state index in [1.165, 1.54) is 64.7 Å². The van der Waals surface area contributed by atoms with Crippen LogP contribution in [0.15, 0.2) is 24.3 Å². The molecule has 0 amide bonds. The minimum Gasteiger partial charge on any atom is -0.381 e. The van der Waals surface area contributed by atoms with Gasteiger partial charge >= 0.3 is 0 Å². The van der Waals surface area contributed by atoms with Crippen LogP contribution in [0.5, 0.6) is 0 Å². The summed E-state index contributed by atoms with van der Waals surface area (Å²) in [5, 5.41) is 0. The molecule has 3 nitrogen and oxygen atoms in total. The topological polar surface area (TPSA) is 15.7 Å². The summed E-state index contributed by atoms with van der Waals surface area (Å²) in [5.41, 5.74) is 3.50. The smallest absolute Gasteiger partial charge is 0.0484 e. The SMILES string of the molecule is CN1CCc2ccccc2C12CCN(CCC1CCOCC1)CC2. The van der Waals surface area contributed by atoms with Crippen LogP contribution in [-0.4, -0.2) is 56.2 Å². The minimum absolute atomic E-state index is 0.296. The minimum atomic E-state index is 0.296. The van der Waals surface area contributed by atoms with E-state index in [4.69, 9.17) is 4.74 Å². The van der Waals surface area contributed by atoms with Gasteiger partial charge in [0.2, 0.25) is 0 Å². The molecule has 3 heterocycles. The summed E-state index contributed by atoms with van der Waals surface area (Å²) >= 11 is 0. The Bertz CT molecular complexity index is 545. The second-order valence-corrected chi connectivity index (χ2v) is 8.05. The second kappa shape index (κ2) is 7.15. The number of hydrogen-bond acceptors (Lipinski definition) is 3. The van der Waals surface area contributed by atoms with Crippen molar-refractivity contribution in [1.82, 2.24) is 9.80 Å². The summed E-state index contributed by atoms with van der Waals surface area (Å²) in [5.74, 6) is 0.896. The number of rotatable bonds is 3. The van der Waals surface area contributed by atoms with Gasteiger partial charge in [0.25, 0.3) is 0 Å². The molecule has 0 unspecified atom stereocenters. The highest BCUT2D eigenvalue weighted by molar-refractivity contribution is 5.37. The molecule has 0 radical (unpaired) electrons. The summed E-state index contributed by atoms with van der Waals surface area (Å²) < 4.78 is 5.49. The standard InChI is InChI=1S/C21H32N2O/c1-22-12-7-19-4-2-3-5-20(19)21(22)10-14-23(15-11-21)13-6-18-8-16-24-17-9-18/h2-5,18H,6-17H2,1H3. The van der Waals surface area contributed by atoms with Crippen LogP contribution in [0.1, 0.15) is 43.2 Å². The summed E-state index contributed by atoms with van der Waals surface area (Å²) in [4.78, 5) is 5.36. The van der Waals surface area contributed by atoms with Crippen LogP contribution < -0.4 is 0 Å². The molecule has 0 atom stereocenters. The number of fused-ring (bicyclic) bond motifs is 2. The van der Waals surface area contributed by atoms with Crippen LogP contribution in [0.2, 0.25) is 0 Å². The van der Waals surface area contributed by atoms with Gasteiger partial charge in [-0.1, -0.05) is 24.3 Å². The third-order valence-corrected chi connectivity index (χ3v) is 6.84. The predicted molar refractivity (Wildman–Crippen MR) is 98.3 cm³/mol. The van der Waals surface area contributed by atoms with E-state index >= 15 is 0 Å². The molecule has 3 heteroatoms. The summed E-state index contributed by atoms with van der Waals surface area (Å²) in [6.45, 7) is 6.96. The molecule has 4 rings (SSSR count).